The van der Waals surface area contributed by atoms with Gasteiger partial charge in [-0.05, 0) is 44.2 Å². The Morgan fingerprint density at radius 2 is 2.24 bits per heavy atom. The Kier molecular flexibility index (Phi) is 3.16. The van der Waals surface area contributed by atoms with Crippen LogP contribution in [0.15, 0.2) is 6.07 Å². The maximum Gasteiger partial charge on any atom is 0.0847 e. The van der Waals surface area contributed by atoms with Gasteiger partial charge in [-0.3, -0.25) is 10.00 Å². The normalized spacial score (nSPS) is 26.3. The molecule has 17 heavy (non-hydrogen) atoms. The first-order chi connectivity index (χ1) is 8.36. The molecule has 1 aliphatic carbocycles. The molecule has 1 saturated carbocycles. The highest BCUT2D eigenvalue weighted by atomic mass is 16.3. The summed E-state index contributed by atoms with van der Waals surface area (Å²) in [6.07, 6.45) is 6.65. The topological polar surface area (TPSA) is 52.1 Å². The number of aliphatic hydroxyl groups excluding tert-OH is 1. The van der Waals surface area contributed by atoms with E-state index in [1.807, 2.05) is 6.07 Å². The average molecular weight is 235 g/mol. The molecule has 4 nitrogen and oxygen atoms in total. The lowest BCUT2D eigenvalue weighted by Gasteiger charge is -2.34. The zero-order valence-electron chi connectivity index (χ0n) is 10.2. The molecule has 94 valence electrons. The number of hydrogen-bond acceptors (Lipinski definition) is 3. The standard InChI is InChI=1S/C13H21N3O/c17-9-11-7-12(15-14-11)13-3-1-2-6-16(13)8-10-4-5-10/h7,10,13,17H,1-6,8-9H2,(H,14,15)/t13-/m1/s1. The Labute approximate surface area is 102 Å². The number of rotatable bonds is 4. The second-order valence-electron chi connectivity index (χ2n) is 5.43. The molecule has 1 aromatic heterocycles. The van der Waals surface area contributed by atoms with Crippen LogP contribution in [0.3, 0.4) is 0 Å². The van der Waals surface area contributed by atoms with Gasteiger partial charge < -0.3 is 5.11 Å². The molecule has 2 N–H and O–H groups in total. The van der Waals surface area contributed by atoms with Crippen molar-refractivity contribution in [1.29, 1.82) is 0 Å². The van der Waals surface area contributed by atoms with Gasteiger partial charge in [0.15, 0.2) is 0 Å². The summed E-state index contributed by atoms with van der Waals surface area (Å²) in [6.45, 7) is 2.51. The molecule has 1 aliphatic heterocycles. The van der Waals surface area contributed by atoms with E-state index in [4.69, 9.17) is 5.11 Å². The number of hydrogen-bond donors (Lipinski definition) is 2. The van der Waals surface area contributed by atoms with Crippen LogP contribution in [0.2, 0.25) is 0 Å². The van der Waals surface area contributed by atoms with Crippen molar-refractivity contribution in [3.05, 3.63) is 17.5 Å². The van der Waals surface area contributed by atoms with Gasteiger partial charge in [0.25, 0.3) is 0 Å². The van der Waals surface area contributed by atoms with Gasteiger partial charge >= 0.3 is 0 Å². The first kappa shape index (κ1) is 11.2. The van der Waals surface area contributed by atoms with Crippen LogP contribution in [0.1, 0.15) is 49.5 Å². The zero-order chi connectivity index (χ0) is 11.7. The second-order valence-corrected chi connectivity index (χ2v) is 5.43. The van der Waals surface area contributed by atoms with Crippen LogP contribution in [0.25, 0.3) is 0 Å². The second kappa shape index (κ2) is 4.78. The summed E-state index contributed by atoms with van der Waals surface area (Å²) < 4.78 is 0. The molecule has 0 amide bonds. The van der Waals surface area contributed by atoms with E-state index < -0.39 is 0 Å². The van der Waals surface area contributed by atoms with Crippen LogP contribution >= 0.6 is 0 Å². The lowest BCUT2D eigenvalue weighted by Crippen LogP contribution is -2.35. The van der Waals surface area contributed by atoms with Crippen molar-refractivity contribution in [2.75, 3.05) is 13.1 Å². The maximum atomic E-state index is 9.09. The van der Waals surface area contributed by atoms with Crippen molar-refractivity contribution >= 4 is 0 Å². The van der Waals surface area contributed by atoms with E-state index in [1.165, 1.54) is 45.2 Å². The molecular formula is C13H21N3O. The molecule has 4 heteroatoms. The number of H-pyrrole nitrogens is 1. The molecule has 1 saturated heterocycles. The molecule has 1 aromatic rings. The van der Waals surface area contributed by atoms with Crippen molar-refractivity contribution in [1.82, 2.24) is 15.1 Å². The van der Waals surface area contributed by atoms with Gasteiger partial charge in [0, 0.05) is 6.54 Å². The Morgan fingerprint density at radius 3 is 2.94 bits per heavy atom. The van der Waals surface area contributed by atoms with E-state index in [-0.39, 0.29) is 6.61 Å². The summed E-state index contributed by atoms with van der Waals surface area (Å²) in [5.74, 6) is 0.937. The monoisotopic (exact) mass is 235 g/mol. The van der Waals surface area contributed by atoms with Crippen molar-refractivity contribution in [2.45, 2.75) is 44.8 Å². The molecule has 1 atom stereocenters. The molecule has 0 spiro atoms. The number of aromatic nitrogens is 2. The molecule has 0 radical (unpaired) electrons. The molecule has 0 aromatic carbocycles. The summed E-state index contributed by atoms with van der Waals surface area (Å²) >= 11 is 0. The van der Waals surface area contributed by atoms with E-state index in [1.54, 1.807) is 0 Å². The smallest absolute Gasteiger partial charge is 0.0847 e. The Hall–Kier alpha value is -0.870. The summed E-state index contributed by atoms with van der Waals surface area (Å²) in [5.41, 5.74) is 1.95. The number of likely N-dealkylation sites (tertiary alicyclic amines) is 1. The van der Waals surface area contributed by atoms with E-state index in [2.05, 4.69) is 15.1 Å². The molecule has 2 aliphatic rings. The van der Waals surface area contributed by atoms with Gasteiger partial charge in [-0.15, -0.1) is 0 Å². The van der Waals surface area contributed by atoms with E-state index in [9.17, 15) is 0 Å². The third kappa shape index (κ3) is 2.53. The minimum atomic E-state index is 0.0579. The van der Waals surface area contributed by atoms with Crippen molar-refractivity contribution < 1.29 is 5.11 Å². The van der Waals surface area contributed by atoms with Crippen LogP contribution in [0, 0.1) is 5.92 Å². The molecule has 0 bridgehead atoms. The molecule has 2 fully saturated rings. The number of aromatic amines is 1. The van der Waals surface area contributed by atoms with Crippen molar-refractivity contribution in [2.24, 2.45) is 5.92 Å². The predicted octanol–water partition coefficient (Wildman–Crippen LogP) is 1.84. The highest BCUT2D eigenvalue weighted by molar-refractivity contribution is 5.13. The van der Waals surface area contributed by atoms with Gasteiger partial charge in [0.2, 0.25) is 0 Å². The lowest BCUT2D eigenvalue weighted by atomic mass is 9.99. The predicted molar refractivity (Wildman–Crippen MR) is 65.4 cm³/mol. The summed E-state index contributed by atoms with van der Waals surface area (Å²) in [7, 11) is 0. The quantitative estimate of drug-likeness (QED) is 0.837. The van der Waals surface area contributed by atoms with Gasteiger partial charge in [0.1, 0.15) is 0 Å². The Bertz CT molecular complexity index is 372. The van der Waals surface area contributed by atoms with E-state index in [0.29, 0.717) is 6.04 Å². The number of aliphatic hydroxyl groups is 1. The summed E-state index contributed by atoms with van der Waals surface area (Å²) in [4.78, 5) is 2.60. The molecule has 3 rings (SSSR count). The van der Waals surface area contributed by atoms with Gasteiger partial charge in [0.05, 0.1) is 24.0 Å². The van der Waals surface area contributed by atoms with E-state index in [0.717, 1.165) is 17.3 Å². The largest absolute Gasteiger partial charge is 0.390 e. The van der Waals surface area contributed by atoms with Crippen LogP contribution in [0.4, 0.5) is 0 Å². The first-order valence-corrected chi connectivity index (χ1v) is 6.76. The number of piperidine rings is 1. The van der Waals surface area contributed by atoms with Gasteiger partial charge in [-0.1, -0.05) is 6.42 Å². The molecular weight excluding hydrogens is 214 g/mol. The molecule has 0 unspecified atom stereocenters. The fourth-order valence-corrected chi connectivity index (χ4v) is 2.81. The summed E-state index contributed by atoms with van der Waals surface area (Å²) in [6, 6.07) is 2.50. The zero-order valence-corrected chi connectivity index (χ0v) is 10.2. The fourth-order valence-electron chi connectivity index (χ4n) is 2.81. The minimum absolute atomic E-state index is 0.0579. The number of nitrogens with zero attached hydrogens (tertiary/aromatic N) is 2. The van der Waals surface area contributed by atoms with Gasteiger partial charge in [-0.2, -0.15) is 5.10 Å². The Morgan fingerprint density at radius 1 is 1.35 bits per heavy atom. The van der Waals surface area contributed by atoms with E-state index >= 15 is 0 Å². The van der Waals surface area contributed by atoms with Gasteiger partial charge in [-0.25, -0.2) is 0 Å². The maximum absolute atomic E-state index is 9.09. The SMILES string of the molecule is OCc1cc([C@H]2CCCCN2CC2CC2)n[nH]1. The van der Waals surface area contributed by atoms with Crippen LogP contribution in [-0.4, -0.2) is 33.3 Å². The molecule has 2 heterocycles. The fraction of sp³-hybridized carbons (Fsp3) is 0.769. The average Bonchev–Trinajstić information content (AvgIpc) is 3.05. The summed E-state index contributed by atoms with van der Waals surface area (Å²) in [5, 5.41) is 16.4. The highest BCUT2D eigenvalue weighted by Gasteiger charge is 2.31. The van der Waals surface area contributed by atoms with Crippen molar-refractivity contribution in [3.8, 4) is 0 Å². The third-order valence-electron chi connectivity index (χ3n) is 3.97. The minimum Gasteiger partial charge on any atom is -0.390 e. The Balaban J connectivity index is 1.72. The first-order valence-electron chi connectivity index (χ1n) is 6.76. The van der Waals surface area contributed by atoms with Crippen LogP contribution in [-0.2, 0) is 6.61 Å². The third-order valence-corrected chi connectivity index (χ3v) is 3.97. The van der Waals surface area contributed by atoms with Crippen molar-refractivity contribution in [3.63, 3.8) is 0 Å². The lowest BCUT2D eigenvalue weighted by molar-refractivity contribution is 0.139. The van der Waals surface area contributed by atoms with Crippen LogP contribution < -0.4 is 0 Å². The number of nitrogens with one attached hydrogen (secondary N) is 1. The highest BCUT2D eigenvalue weighted by Crippen LogP contribution is 2.36. The van der Waals surface area contributed by atoms with Crippen LogP contribution in [0.5, 0.6) is 0 Å².